The third-order valence-corrected chi connectivity index (χ3v) is 8.82. The average Bonchev–Trinajstić information content (AvgIpc) is 3.29. The maximum absolute atomic E-state index is 13.0. The molecule has 5 rings (SSSR count). The summed E-state index contributed by atoms with van der Waals surface area (Å²) in [5, 5.41) is 13.1. The standard InChI is InChI=1S/C24H28N4O4S/c29-28(30)24-17-20(33(31,32)27-12-4-1-5-13-27)8-9-23(24)26-14-10-18(11-15-26)22-16-19-6-2-3-7-21(19)25-22/h2-3,6-9,16-18,25H,1,4-5,10-15H2. The minimum Gasteiger partial charge on any atom is -0.366 e. The van der Waals surface area contributed by atoms with Gasteiger partial charge in [-0.25, -0.2) is 8.42 Å². The number of piperidine rings is 2. The molecular weight excluding hydrogens is 440 g/mol. The molecule has 2 aliphatic rings. The SMILES string of the molecule is O=[N+]([O-])c1cc(S(=O)(=O)N2CCCCC2)ccc1N1CCC(c2cc3ccccc3[nH]2)CC1. The summed E-state index contributed by atoms with van der Waals surface area (Å²) in [6.45, 7) is 2.30. The van der Waals surface area contributed by atoms with E-state index in [0.717, 1.165) is 37.6 Å². The summed E-state index contributed by atoms with van der Waals surface area (Å²) in [4.78, 5) is 16.9. The van der Waals surface area contributed by atoms with Crippen molar-refractivity contribution in [2.24, 2.45) is 0 Å². The maximum Gasteiger partial charge on any atom is 0.293 e. The molecule has 2 fully saturated rings. The molecule has 0 unspecified atom stereocenters. The molecule has 2 aromatic carbocycles. The molecule has 1 N–H and O–H groups in total. The molecule has 2 saturated heterocycles. The van der Waals surface area contributed by atoms with Gasteiger partial charge >= 0.3 is 0 Å². The van der Waals surface area contributed by atoms with Crippen molar-refractivity contribution >= 4 is 32.3 Å². The molecular formula is C24H28N4O4S. The van der Waals surface area contributed by atoms with E-state index in [0.29, 0.717) is 37.8 Å². The Balaban J connectivity index is 1.35. The highest BCUT2D eigenvalue weighted by Gasteiger charge is 2.31. The fraction of sp³-hybridized carbons (Fsp3) is 0.417. The van der Waals surface area contributed by atoms with E-state index in [1.807, 2.05) is 17.0 Å². The quantitative estimate of drug-likeness (QED) is 0.435. The molecule has 1 aromatic heterocycles. The zero-order chi connectivity index (χ0) is 23.0. The normalized spacial score (nSPS) is 18.6. The summed E-state index contributed by atoms with van der Waals surface area (Å²) in [6.07, 6.45) is 4.41. The van der Waals surface area contributed by atoms with Crippen molar-refractivity contribution in [3.63, 3.8) is 0 Å². The number of H-pyrrole nitrogens is 1. The van der Waals surface area contributed by atoms with Crippen LogP contribution in [-0.4, -0.2) is 48.8 Å². The average molecular weight is 469 g/mol. The predicted molar refractivity (Wildman–Crippen MR) is 128 cm³/mol. The fourth-order valence-corrected chi connectivity index (χ4v) is 6.62. The van der Waals surface area contributed by atoms with Gasteiger partial charge in [0, 0.05) is 49.4 Å². The zero-order valence-electron chi connectivity index (χ0n) is 18.4. The first-order valence-corrected chi connectivity index (χ1v) is 13.0. The molecule has 3 aromatic rings. The van der Waals surface area contributed by atoms with E-state index < -0.39 is 14.9 Å². The Hall–Kier alpha value is -2.91. The fourth-order valence-electron chi connectivity index (χ4n) is 5.08. The first-order valence-electron chi connectivity index (χ1n) is 11.5. The highest BCUT2D eigenvalue weighted by atomic mass is 32.2. The van der Waals surface area contributed by atoms with Crippen molar-refractivity contribution in [3.8, 4) is 0 Å². The third kappa shape index (κ3) is 4.22. The summed E-state index contributed by atoms with van der Waals surface area (Å²) >= 11 is 0. The number of anilines is 1. The molecule has 9 heteroatoms. The van der Waals surface area contributed by atoms with Gasteiger partial charge in [-0.2, -0.15) is 4.31 Å². The summed E-state index contributed by atoms with van der Waals surface area (Å²) in [5.41, 5.74) is 2.68. The molecule has 0 radical (unpaired) electrons. The maximum atomic E-state index is 13.0. The van der Waals surface area contributed by atoms with Crippen molar-refractivity contribution in [1.29, 1.82) is 0 Å². The third-order valence-electron chi connectivity index (χ3n) is 6.92. The Labute approximate surface area is 193 Å². The highest BCUT2D eigenvalue weighted by Crippen LogP contribution is 2.37. The molecule has 174 valence electrons. The summed E-state index contributed by atoms with van der Waals surface area (Å²) in [5.74, 6) is 0.367. The van der Waals surface area contributed by atoms with Crippen molar-refractivity contribution < 1.29 is 13.3 Å². The monoisotopic (exact) mass is 468 g/mol. The number of para-hydroxylation sites is 1. The van der Waals surface area contributed by atoms with Crippen LogP contribution in [0.2, 0.25) is 0 Å². The number of nitrogens with one attached hydrogen (secondary N) is 1. The number of fused-ring (bicyclic) bond motifs is 1. The molecule has 33 heavy (non-hydrogen) atoms. The van der Waals surface area contributed by atoms with Gasteiger partial charge in [-0.3, -0.25) is 10.1 Å². The Kier molecular flexibility index (Phi) is 5.84. The van der Waals surface area contributed by atoms with Crippen molar-refractivity contribution in [1.82, 2.24) is 9.29 Å². The van der Waals surface area contributed by atoms with Gasteiger partial charge in [0.15, 0.2) is 0 Å². The molecule has 0 bridgehead atoms. The zero-order valence-corrected chi connectivity index (χ0v) is 19.3. The minimum absolute atomic E-state index is 0.00723. The molecule has 3 heterocycles. The summed E-state index contributed by atoms with van der Waals surface area (Å²) in [6, 6.07) is 14.8. The van der Waals surface area contributed by atoms with Crippen molar-refractivity contribution in [3.05, 3.63) is 64.3 Å². The highest BCUT2D eigenvalue weighted by molar-refractivity contribution is 7.89. The van der Waals surface area contributed by atoms with Crippen molar-refractivity contribution in [2.75, 3.05) is 31.1 Å². The second-order valence-corrected chi connectivity index (χ2v) is 10.9. The van der Waals surface area contributed by atoms with Gasteiger partial charge in [-0.05, 0) is 55.3 Å². The number of aromatic nitrogens is 1. The number of hydrogen-bond acceptors (Lipinski definition) is 5. The Morgan fingerprint density at radius 3 is 2.36 bits per heavy atom. The number of nitrogens with zero attached hydrogens (tertiary/aromatic N) is 3. The molecule has 0 amide bonds. The van der Waals surface area contributed by atoms with E-state index in [1.54, 1.807) is 6.07 Å². The van der Waals surface area contributed by atoms with Crippen LogP contribution in [0.15, 0.2) is 53.4 Å². The van der Waals surface area contributed by atoms with Crippen LogP contribution in [-0.2, 0) is 10.0 Å². The first-order chi connectivity index (χ1) is 15.9. The lowest BCUT2D eigenvalue weighted by Crippen LogP contribution is -2.36. The lowest BCUT2D eigenvalue weighted by molar-refractivity contribution is -0.384. The number of aromatic amines is 1. The van der Waals surface area contributed by atoms with Gasteiger partial charge < -0.3 is 9.88 Å². The lowest BCUT2D eigenvalue weighted by Gasteiger charge is -2.33. The number of nitro benzene ring substituents is 1. The van der Waals surface area contributed by atoms with E-state index in [1.165, 1.54) is 27.5 Å². The number of rotatable bonds is 5. The smallest absolute Gasteiger partial charge is 0.293 e. The van der Waals surface area contributed by atoms with Crippen LogP contribution in [0.1, 0.15) is 43.7 Å². The molecule has 0 atom stereocenters. The van der Waals surface area contributed by atoms with Gasteiger partial charge in [0.25, 0.3) is 5.69 Å². The Morgan fingerprint density at radius 1 is 0.939 bits per heavy atom. The molecule has 0 spiro atoms. The van der Waals surface area contributed by atoms with Gasteiger partial charge in [0.2, 0.25) is 10.0 Å². The van der Waals surface area contributed by atoms with E-state index in [4.69, 9.17) is 0 Å². The van der Waals surface area contributed by atoms with E-state index in [2.05, 4.69) is 23.2 Å². The van der Waals surface area contributed by atoms with E-state index >= 15 is 0 Å². The van der Waals surface area contributed by atoms with E-state index in [9.17, 15) is 18.5 Å². The number of hydrogen-bond donors (Lipinski definition) is 1. The number of benzene rings is 2. The summed E-state index contributed by atoms with van der Waals surface area (Å²) in [7, 11) is -3.72. The second kappa shape index (κ2) is 8.79. The van der Waals surface area contributed by atoms with Gasteiger partial charge in [0.05, 0.1) is 9.82 Å². The minimum atomic E-state index is -3.72. The van der Waals surface area contributed by atoms with Gasteiger partial charge in [-0.15, -0.1) is 0 Å². The van der Waals surface area contributed by atoms with Crippen LogP contribution < -0.4 is 4.90 Å². The lowest BCUT2D eigenvalue weighted by atomic mass is 9.93. The molecule has 8 nitrogen and oxygen atoms in total. The van der Waals surface area contributed by atoms with Crippen LogP contribution >= 0.6 is 0 Å². The largest absolute Gasteiger partial charge is 0.366 e. The van der Waals surface area contributed by atoms with Crippen LogP contribution in [0, 0.1) is 10.1 Å². The predicted octanol–water partition coefficient (Wildman–Crippen LogP) is 4.63. The Bertz CT molecular complexity index is 1240. The van der Waals surface area contributed by atoms with Gasteiger partial charge in [-0.1, -0.05) is 24.6 Å². The second-order valence-electron chi connectivity index (χ2n) is 8.95. The van der Waals surface area contributed by atoms with Crippen LogP contribution in [0.4, 0.5) is 11.4 Å². The van der Waals surface area contributed by atoms with Crippen LogP contribution in [0.25, 0.3) is 10.9 Å². The van der Waals surface area contributed by atoms with E-state index in [-0.39, 0.29) is 10.6 Å². The topological polar surface area (TPSA) is 99.5 Å². The Morgan fingerprint density at radius 2 is 1.67 bits per heavy atom. The first kappa shape index (κ1) is 21.9. The van der Waals surface area contributed by atoms with Crippen LogP contribution in [0.3, 0.4) is 0 Å². The number of nitro groups is 1. The van der Waals surface area contributed by atoms with Crippen molar-refractivity contribution in [2.45, 2.75) is 42.9 Å². The molecule has 0 saturated carbocycles. The molecule has 2 aliphatic heterocycles. The van der Waals surface area contributed by atoms with Crippen LogP contribution in [0.5, 0.6) is 0 Å². The molecule has 0 aliphatic carbocycles. The van der Waals surface area contributed by atoms with Gasteiger partial charge in [0.1, 0.15) is 5.69 Å². The summed E-state index contributed by atoms with van der Waals surface area (Å²) < 4.78 is 27.5. The number of sulfonamides is 1.